The average molecular weight is 270 g/mol. The van der Waals surface area contributed by atoms with Crippen LogP contribution in [0, 0.1) is 0 Å². The zero-order valence-electron chi connectivity index (χ0n) is 11.3. The van der Waals surface area contributed by atoms with Gasteiger partial charge in [0.25, 0.3) is 5.91 Å². The van der Waals surface area contributed by atoms with Gasteiger partial charge in [-0.15, -0.1) is 0 Å². The molecule has 104 valence electrons. The maximum atomic E-state index is 11.4. The van der Waals surface area contributed by atoms with E-state index >= 15 is 0 Å². The summed E-state index contributed by atoms with van der Waals surface area (Å²) >= 11 is 0. The van der Waals surface area contributed by atoms with Gasteiger partial charge in [0.05, 0.1) is 6.10 Å². The second kappa shape index (κ2) is 6.73. The lowest BCUT2D eigenvalue weighted by Crippen LogP contribution is -2.18. The van der Waals surface area contributed by atoms with Gasteiger partial charge in [-0.3, -0.25) is 4.79 Å². The van der Waals surface area contributed by atoms with E-state index in [9.17, 15) is 9.90 Å². The molecule has 0 fully saturated rings. The fraction of sp³-hybridized carbons (Fsp3) is 0.188. The average Bonchev–Trinajstić information content (AvgIpc) is 2.53. The molecule has 20 heavy (non-hydrogen) atoms. The first-order chi connectivity index (χ1) is 9.70. The molecule has 4 heteroatoms. The Morgan fingerprint density at radius 2 is 1.75 bits per heavy atom. The standard InChI is InChI=1S/C16H18N2O2/c1-17-16(20)13-9-7-12(8-10-13)15(19)11-18-14-5-3-2-4-6-14/h2-10,15,18-19H,11H2,1H3,(H,17,20). The predicted octanol–water partition coefficient (Wildman–Crippen LogP) is 2.19. The van der Waals surface area contributed by atoms with Gasteiger partial charge in [-0.1, -0.05) is 30.3 Å². The van der Waals surface area contributed by atoms with Gasteiger partial charge in [-0.2, -0.15) is 0 Å². The molecule has 0 radical (unpaired) electrons. The van der Waals surface area contributed by atoms with Gasteiger partial charge in [0.2, 0.25) is 0 Å². The number of amides is 1. The molecule has 1 amide bonds. The number of carbonyl (C=O) groups excluding carboxylic acids is 1. The molecule has 0 aliphatic rings. The van der Waals surface area contributed by atoms with Crippen molar-refractivity contribution < 1.29 is 9.90 Å². The smallest absolute Gasteiger partial charge is 0.251 e. The minimum Gasteiger partial charge on any atom is -0.387 e. The number of rotatable bonds is 5. The molecular weight excluding hydrogens is 252 g/mol. The number of anilines is 1. The summed E-state index contributed by atoms with van der Waals surface area (Å²) in [5.41, 5.74) is 2.33. The van der Waals surface area contributed by atoms with Crippen LogP contribution in [0.5, 0.6) is 0 Å². The monoisotopic (exact) mass is 270 g/mol. The lowest BCUT2D eigenvalue weighted by Gasteiger charge is -2.13. The van der Waals surface area contributed by atoms with E-state index in [2.05, 4.69) is 10.6 Å². The van der Waals surface area contributed by atoms with Gasteiger partial charge >= 0.3 is 0 Å². The van der Waals surface area contributed by atoms with Crippen LogP contribution in [0.4, 0.5) is 5.69 Å². The highest BCUT2D eigenvalue weighted by atomic mass is 16.3. The van der Waals surface area contributed by atoms with Crippen LogP contribution >= 0.6 is 0 Å². The zero-order chi connectivity index (χ0) is 14.4. The van der Waals surface area contributed by atoms with Crippen molar-refractivity contribution in [1.82, 2.24) is 5.32 Å². The maximum absolute atomic E-state index is 11.4. The fourth-order valence-electron chi connectivity index (χ4n) is 1.89. The number of carbonyl (C=O) groups is 1. The van der Waals surface area contributed by atoms with E-state index in [0.717, 1.165) is 11.3 Å². The number of hydrogen-bond acceptors (Lipinski definition) is 3. The van der Waals surface area contributed by atoms with E-state index in [-0.39, 0.29) is 5.91 Å². The molecule has 0 saturated carbocycles. The molecule has 0 spiro atoms. The molecule has 4 nitrogen and oxygen atoms in total. The molecule has 1 atom stereocenters. The SMILES string of the molecule is CNC(=O)c1ccc(C(O)CNc2ccccc2)cc1. The summed E-state index contributed by atoms with van der Waals surface area (Å²) in [5, 5.41) is 15.8. The van der Waals surface area contributed by atoms with Crippen LogP contribution in [-0.4, -0.2) is 24.6 Å². The summed E-state index contributed by atoms with van der Waals surface area (Å²) in [7, 11) is 1.59. The summed E-state index contributed by atoms with van der Waals surface area (Å²) in [6.45, 7) is 0.420. The Morgan fingerprint density at radius 1 is 1.10 bits per heavy atom. The minimum absolute atomic E-state index is 0.131. The number of aliphatic hydroxyl groups is 1. The number of nitrogens with one attached hydrogen (secondary N) is 2. The van der Waals surface area contributed by atoms with E-state index in [1.54, 1.807) is 31.3 Å². The number of para-hydroxylation sites is 1. The van der Waals surface area contributed by atoms with Crippen LogP contribution in [-0.2, 0) is 0 Å². The van der Waals surface area contributed by atoms with Crippen LogP contribution in [0.2, 0.25) is 0 Å². The Labute approximate surface area is 118 Å². The lowest BCUT2D eigenvalue weighted by atomic mass is 10.1. The van der Waals surface area contributed by atoms with Gasteiger partial charge in [0.15, 0.2) is 0 Å². The third-order valence-electron chi connectivity index (χ3n) is 3.06. The molecule has 0 heterocycles. The van der Waals surface area contributed by atoms with Crippen molar-refractivity contribution in [3.05, 3.63) is 65.7 Å². The van der Waals surface area contributed by atoms with Crippen molar-refractivity contribution in [3.63, 3.8) is 0 Å². The third-order valence-corrected chi connectivity index (χ3v) is 3.06. The van der Waals surface area contributed by atoms with E-state index in [0.29, 0.717) is 12.1 Å². The minimum atomic E-state index is -0.617. The van der Waals surface area contributed by atoms with Crippen molar-refractivity contribution in [3.8, 4) is 0 Å². The third kappa shape index (κ3) is 3.59. The predicted molar refractivity (Wildman–Crippen MR) is 79.7 cm³/mol. The quantitative estimate of drug-likeness (QED) is 0.780. The molecule has 0 saturated heterocycles. The molecule has 1 unspecified atom stereocenters. The van der Waals surface area contributed by atoms with E-state index < -0.39 is 6.10 Å². The molecule has 2 aromatic carbocycles. The van der Waals surface area contributed by atoms with E-state index in [1.165, 1.54) is 0 Å². The van der Waals surface area contributed by atoms with Crippen LogP contribution in [0.1, 0.15) is 22.0 Å². The Hall–Kier alpha value is -2.33. The Balaban J connectivity index is 1.95. The summed E-state index contributed by atoms with van der Waals surface area (Å²) in [5.74, 6) is -0.131. The second-order valence-electron chi connectivity index (χ2n) is 4.46. The first-order valence-corrected chi connectivity index (χ1v) is 6.49. The topological polar surface area (TPSA) is 61.4 Å². The van der Waals surface area contributed by atoms with Gasteiger partial charge in [-0.05, 0) is 29.8 Å². The van der Waals surface area contributed by atoms with Crippen molar-refractivity contribution in [1.29, 1.82) is 0 Å². The molecule has 2 rings (SSSR count). The number of aliphatic hydroxyl groups excluding tert-OH is 1. The van der Waals surface area contributed by atoms with Gasteiger partial charge < -0.3 is 15.7 Å². The van der Waals surface area contributed by atoms with Crippen LogP contribution in [0.3, 0.4) is 0 Å². The first kappa shape index (κ1) is 14.1. The molecule has 0 aromatic heterocycles. The van der Waals surface area contributed by atoms with Gasteiger partial charge in [0.1, 0.15) is 0 Å². The summed E-state index contributed by atoms with van der Waals surface area (Å²) in [6, 6.07) is 16.7. The molecule has 0 bridgehead atoms. The van der Waals surface area contributed by atoms with Gasteiger partial charge in [-0.25, -0.2) is 0 Å². The Bertz CT molecular complexity index is 552. The number of benzene rings is 2. The summed E-state index contributed by atoms with van der Waals surface area (Å²) in [4.78, 5) is 11.4. The first-order valence-electron chi connectivity index (χ1n) is 6.49. The maximum Gasteiger partial charge on any atom is 0.251 e. The summed E-state index contributed by atoms with van der Waals surface area (Å²) in [6.07, 6.45) is -0.617. The van der Waals surface area contributed by atoms with Gasteiger partial charge in [0, 0.05) is 24.8 Å². The molecule has 0 aliphatic carbocycles. The molecular formula is C16H18N2O2. The Morgan fingerprint density at radius 3 is 2.35 bits per heavy atom. The van der Waals surface area contributed by atoms with Crippen molar-refractivity contribution in [2.24, 2.45) is 0 Å². The number of hydrogen-bond donors (Lipinski definition) is 3. The summed E-state index contributed by atoms with van der Waals surface area (Å²) < 4.78 is 0. The Kier molecular flexibility index (Phi) is 4.74. The van der Waals surface area contributed by atoms with Crippen molar-refractivity contribution in [2.75, 3.05) is 18.9 Å². The highest BCUT2D eigenvalue weighted by Crippen LogP contribution is 2.15. The highest BCUT2D eigenvalue weighted by molar-refractivity contribution is 5.93. The van der Waals surface area contributed by atoms with Crippen molar-refractivity contribution >= 4 is 11.6 Å². The molecule has 3 N–H and O–H groups in total. The zero-order valence-corrected chi connectivity index (χ0v) is 11.3. The largest absolute Gasteiger partial charge is 0.387 e. The molecule has 2 aromatic rings. The second-order valence-corrected chi connectivity index (χ2v) is 4.46. The highest BCUT2D eigenvalue weighted by Gasteiger charge is 2.09. The van der Waals surface area contributed by atoms with Crippen LogP contribution in [0.25, 0.3) is 0 Å². The van der Waals surface area contributed by atoms with Crippen LogP contribution < -0.4 is 10.6 Å². The lowest BCUT2D eigenvalue weighted by molar-refractivity contribution is 0.0963. The van der Waals surface area contributed by atoms with Crippen molar-refractivity contribution in [2.45, 2.75) is 6.10 Å². The molecule has 0 aliphatic heterocycles. The van der Waals surface area contributed by atoms with Crippen LogP contribution in [0.15, 0.2) is 54.6 Å². The van der Waals surface area contributed by atoms with E-state index in [4.69, 9.17) is 0 Å². The fourth-order valence-corrected chi connectivity index (χ4v) is 1.89. The normalized spacial score (nSPS) is 11.7. The van der Waals surface area contributed by atoms with E-state index in [1.807, 2.05) is 30.3 Å².